The number of nitrogens with one attached hydrogen (secondary N) is 1. The topological polar surface area (TPSA) is 75.7 Å². The molecule has 0 saturated carbocycles. The molecular weight excluding hydrogens is 316 g/mol. The molecule has 7 heteroatoms. The van der Waals surface area contributed by atoms with E-state index >= 15 is 0 Å². The van der Waals surface area contributed by atoms with Gasteiger partial charge in [0.15, 0.2) is 6.61 Å². The Morgan fingerprint density at radius 3 is 2.84 bits per heavy atom. The summed E-state index contributed by atoms with van der Waals surface area (Å²) in [6.07, 6.45) is 0. The number of carbonyl (C=O) groups excluding carboxylic acids is 3. The van der Waals surface area contributed by atoms with Crippen LogP contribution in [0.2, 0.25) is 0 Å². The van der Waals surface area contributed by atoms with Crippen LogP contribution in [0.15, 0.2) is 28.7 Å². The van der Waals surface area contributed by atoms with E-state index in [2.05, 4.69) is 21.2 Å². The van der Waals surface area contributed by atoms with Crippen molar-refractivity contribution in [1.82, 2.24) is 10.2 Å². The summed E-state index contributed by atoms with van der Waals surface area (Å²) in [5.74, 6) is -1.13. The zero-order valence-electron chi connectivity index (χ0n) is 9.89. The van der Waals surface area contributed by atoms with E-state index in [0.717, 1.165) is 9.37 Å². The van der Waals surface area contributed by atoms with Crippen molar-refractivity contribution in [3.8, 4) is 0 Å². The van der Waals surface area contributed by atoms with E-state index in [-0.39, 0.29) is 0 Å². The maximum absolute atomic E-state index is 11.7. The number of carbonyl (C=O) groups is 3. The summed E-state index contributed by atoms with van der Waals surface area (Å²) in [6, 6.07) is 6.19. The molecule has 0 aromatic heterocycles. The fraction of sp³-hybridized carbons (Fsp3) is 0.250. The summed E-state index contributed by atoms with van der Waals surface area (Å²) in [7, 11) is 0. The number of imide groups is 1. The van der Waals surface area contributed by atoms with Crippen molar-refractivity contribution >= 4 is 33.8 Å². The maximum atomic E-state index is 11.7. The van der Waals surface area contributed by atoms with Crippen LogP contribution in [0.1, 0.15) is 10.4 Å². The average Bonchev–Trinajstić information content (AvgIpc) is 2.82. The Hall–Kier alpha value is -1.89. The number of amides is 3. The fourth-order valence-corrected chi connectivity index (χ4v) is 2.01. The van der Waals surface area contributed by atoms with Gasteiger partial charge in [-0.05, 0) is 18.2 Å². The smallest absolute Gasteiger partial charge is 0.338 e. The molecule has 0 atom stereocenters. The molecule has 6 nitrogen and oxygen atoms in total. The second-order valence-electron chi connectivity index (χ2n) is 3.86. The van der Waals surface area contributed by atoms with Gasteiger partial charge in [-0.2, -0.15) is 0 Å². The summed E-state index contributed by atoms with van der Waals surface area (Å²) in [5.41, 5.74) is 0.341. The van der Waals surface area contributed by atoms with Crippen LogP contribution in [0.4, 0.5) is 4.79 Å². The summed E-state index contributed by atoms with van der Waals surface area (Å²) in [5, 5.41) is 2.50. The predicted octanol–water partition coefficient (Wildman–Crippen LogP) is 1.16. The zero-order chi connectivity index (χ0) is 13.8. The van der Waals surface area contributed by atoms with Gasteiger partial charge in [0.1, 0.15) is 0 Å². The molecule has 0 bridgehead atoms. The number of halogens is 1. The van der Waals surface area contributed by atoms with E-state index in [9.17, 15) is 14.4 Å². The van der Waals surface area contributed by atoms with E-state index in [4.69, 9.17) is 4.74 Å². The van der Waals surface area contributed by atoms with Gasteiger partial charge in [-0.25, -0.2) is 9.59 Å². The van der Waals surface area contributed by atoms with Crippen LogP contribution < -0.4 is 5.32 Å². The molecule has 0 radical (unpaired) electrons. The second-order valence-corrected chi connectivity index (χ2v) is 4.78. The highest BCUT2D eigenvalue weighted by atomic mass is 79.9. The number of benzene rings is 1. The van der Waals surface area contributed by atoms with Crippen LogP contribution in [0, 0.1) is 0 Å². The first-order chi connectivity index (χ1) is 9.08. The molecule has 1 aliphatic heterocycles. The minimum atomic E-state index is -0.603. The number of ether oxygens (including phenoxy) is 1. The number of nitrogens with zero attached hydrogens (tertiary/aromatic N) is 1. The first-order valence-corrected chi connectivity index (χ1v) is 6.38. The third-order valence-electron chi connectivity index (χ3n) is 2.54. The van der Waals surface area contributed by atoms with Gasteiger partial charge in [-0.15, -0.1) is 0 Å². The molecule has 1 saturated heterocycles. The van der Waals surface area contributed by atoms with Crippen molar-refractivity contribution in [3.05, 3.63) is 34.3 Å². The highest BCUT2D eigenvalue weighted by Crippen LogP contribution is 2.12. The molecule has 19 heavy (non-hydrogen) atoms. The Labute approximate surface area is 117 Å². The lowest BCUT2D eigenvalue weighted by atomic mass is 10.2. The van der Waals surface area contributed by atoms with Gasteiger partial charge < -0.3 is 10.1 Å². The van der Waals surface area contributed by atoms with E-state index in [1.807, 2.05) is 0 Å². The zero-order valence-corrected chi connectivity index (χ0v) is 11.5. The Bertz CT molecular complexity index is 532. The Balaban J connectivity index is 1.90. The van der Waals surface area contributed by atoms with Crippen LogP contribution in [0.25, 0.3) is 0 Å². The minimum absolute atomic E-state index is 0.298. The van der Waals surface area contributed by atoms with Gasteiger partial charge in [-0.1, -0.05) is 22.0 Å². The number of hydrogen-bond donors (Lipinski definition) is 1. The Morgan fingerprint density at radius 2 is 2.21 bits per heavy atom. The standard InChI is InChI=1S/C12H11BrN2O4/c13-9-3-1-2-8(6-9)11(17)19-7-10(16)15-5-4-14-12(15)18/h1-3,6H,4-5,7H2,(H,14,18). The van der Waals surface area contributed by atoms with Gasteiger partial charge >= 0.3 is 12.0 Å². The van der Waals surface area contributed by atoms with E-state index in [1.165, 1.54) is 0 Å². The largest absolute Gasteiger partial charge is 0.452 e. The number of rotatable bonds is 3. The van der Waals surface area contributed by atoms with Crippen molar-refractivity contribution in [2.45, 2.75) is 0 Å². The molecule has 1 fully saturated rings. The van der Waals surface area contributed by atoms with Crippen LogP contribution in [0.3, 0.4) is 0 Å². The van der Waals surface area contributed by atoms with Crippen LogP contribution in [-0.4, -0.2) is 42.5 Å². The lowest BCUT2D eigenvalue weighted by molar-refractivity contribution is -0.130. The third-order valence-corrected chi connectivity index (χ3v) is 3.04. The molecule has 100 valence electrons. The van der Waals surface area contributed by atoms with Crippen molar-refractivity contribution in [2.24, 2.45) is 0 Å². The van der Waals surface area contributed by atoms with Gasteiger partial charge in [0.05, 0.1) is 5.56 Å². The fourth-order valence-electron chi connectivity index (χ4n) is 1.61. The van der Waals surface area contributed by atoms with Crippen molar-refractivity contribution in [2.75, 3.05) is 19.7 Å². The van der Waals surface area contributed by atoms with Crippen molar-refractivity contribution < 1.29 is 19.1 Å². The second kappa shape index (κ2) is 5.83. The molecule has 1 aliphatic rings. The molecule has 0 spiro atoms. The van der Waals surface area contributed by atoms with Crippen LogP contribution in [0.5, 0.6) is 0 Å². The molecular formula is C12H11BrN2O4. The SMILES string of the molecule is O=C(OCC(=O)N1CCNC1=O)c1cccc(Br)c1. The first-order valence-electron chi connectivity index (χ1n) is 5.59. The van der Waals surface area contributed by atoms with E-state index in [1.54, 1.807) is 24.3 Å². The third kappa shape index (κ3) is 3.31. The summed E-state index contributed by atoms with van der Waals surface area (Å²) < 4.78 is 5.62. The number of esters is 1. The lowest BCUT2D eigenvalue weighted by Gasteiger charge is -2.12. The molecule has 1 heterocycles. The number of urea groups is 1. The summed E-state index contributed by atoms with van der Waals surface area (Å²) >= 11 is 3.24. The maximum Gasteiger partial charge on any atom is 0.338 e. The highest BCUT2D eigenvalue weighted by molar-refractivity contribution is 9.10. The van der Waals surface area contributed by atoms with E-state index < -0.39 is 24.5 Å². The van der Waals surface area contributed by atoms with Gasteiger partial charge in [0.2, 0.25) is 0 Å². The minimum Gasteiger partial charge on any atom is -0.452 e. The van der Waals surface area contributed by atoms with Crippen molar-refractivity contribution in [1.29, 1.82) is 0 Å². The highest BCUT2D eigenvalue weighted by Gasteiger charge is 2.26. The summed E-state index contributed by atoms with van der Waals surface area (Å²) in [6.45, 7) is 0.273. The van der Waals surface area contributed by atoms with Gasteiger partial charge in [0.25, 0.3) is 5.91 Å². The molecule has 1 N–H and O–H groups in total. The summed E-state index contributed by atoms with van der Waals surface area (Å²) in [4.78, 5) is 35.6. The van der Waals surface area contributed by atoms with Crippen LogP contribution in [-0.2, 0) is 9.53 Å². The molecule has 3 amide bonds. The number of hydrogen-bond acceptors (Lipinski definition) is 4. The molecule has 1 aromatic carbocycles. The first kappa shape index (κ1) is 13.5. The Morgan fingerprint density at radius 1 is 1.42 bits per heavy atom. The van der Waals surface area contributed by atoms with Gasteiger partial charge in [0, 0.05) is 17.6 Å². The molecule has 0 aliphatic carbocycles. The molecule has 1 aromatic rings. The molecule has 2 rings (SSSR count). The molecule has 0 unspecified atom stereocenters. The van der Waals surface area contributed by atoms with Gasteiger partial charge in [-0.3, -0.25) is 9.69 Å². The predicted molar refractivity (Wildman–Crippen MR) is 69.5 cm³/mol. The lowest BCUT2D eigenvalue weighted by Crippen LogP contribution is -2.37. The monoisotopic (exact) mass is 326 g/mol. The quantitative estimate of drug-likeness (QED) is 0.846. The van der Waals surface area contributed by atoms with Crippen LogP contribution >= 0.6 is 15.9 Å². The average molecular weight is 327 g/mol. The Kier molecular flexibility index (Phi) is 4.16. The normalized spacial score (nSPS) is 14.2. The van der Waals surface area contributed by atoms with E-state index in [0.29, 0.717) is 18.7 Å². The van der Waals surface area contributed by atoms with Crippen molar-refractivity contribution in [3.63, 3.8) is 0 Å².